The lowest BCUT2D eigenvalue weighted by Gasteiger charge is -2.11. The predicted molar refractivity (Wildman–Crippen MR) is 85.0 cm³/mol. The summed E-state index contributed by atoms with van der Waals surface area (Å²) < 4.78 is 10.2. The molecule has 0 aliphatic rings. The van der Waals surface area contributed by atoms with Crippen molar-refractivity contribution in [3.05, 3.63) is 65.1 Å². The number of ether oxygens (including phenoxy) is 2. The molecule has 0 aliphatic carbocycles. The summed E-state index contributed by atoms with van der Waals surface area (Å²) in [4.78, 5) is 11.1. The second-order valence-electron chi connectivity index (χ2n) is 4.62. The summed E-state index contributed by atoms with van der Waals surface area (Å²) in [6.45, 7) is 1.84. The van der Waals surface area contributed by atoms with Crippen LogP contribution in [0.1, 0.15) is 5.56 Å². The van der Waals surface area contributed by atoms with Crippen molar-refractivity contribution in [3.63, 3.8) is 0 Å². The van der Waals surface area contributed by atoms with E-state index in [4.69, 9.17) is 26.2 Å². The maximum absolute atomic E-state index is 11.1. The SMILES string of the molecule is CO/C=C(\Oc1cc(-c2cccc(Cl)c2)ccc1C)C(=O)O. The molecule has 0 saturated carbocycles. The summed E-state index contributed by atoms with van der Waals surface area (Å²) in [6.07, 6.45) is 1.05. The van der Waals surface area contributed by atoms with Crippen molar-refractivity contribution < 1.29 is 19.4 Å². The Labute approximate surface area is 133 Å². The van der Waals surface area contributed by atoms with Gasteiger partial charge in [0.15, 0.2) is 0 Å². The summed E-state index contributed by atoms with van der Waals surface area (Å²) in [5, 5.41) is 9.72. The van der Waals surface area contributed by atoms with Gasteiger partial charge in [-0.25, -0.2) is 4.79 Å². The van der Waals surface area contributed by atoms with Gasteiger partial charge in [0.05, 0.1) is 7.11 Å². The molecule has 0 aliphatic heterocycles. The molecule has 2 aromatic carbocycles. The van der Waals surface area contributed by atoms with Gasteiger partial charge in [0.2, 0.25) is 5.76 Å². The largest absolute Gasteiger partial charge is 0.500 e. The van der Waals surface area contributed by atoms with Gasteiger partial charge >= 0.3 is 5.97 Å². The zero-order valence-corrected chi connectivity index (χ0v) is 12.9. The summed E-state index contributed by atoms with van der Waals surface area (Å²) >= 11 is 6.00. The Morgan fingerprint density at radius 3 is 2.55 bits per heavy atom. The van der Waals surface area contributed by atoms with E-state index in [2.05, 4.69) is 0 Å². The van der Waals surface area contributed by atoms with Gasteiger partial charge in [-0.2, -0.15) is 0 Å². The molecule has 22 heavy (non-hydrogen) atoms. The minimum atomic E-state index is -1.20. The first-order chi connectivity index (χ1) is 10.5. The fourth-order valence-electron chi connectivity index (χ4n) is 1.90. The van der Waals surface area contributed by atoms with Crippen molar-refractivity contribution in [3.8, 4) is 16.9 Å². The lowest BCUT2D eigenvalue weighted by atomic mass is 10.0. The number of aryl methyl sites for hydroxylation is 1. The third-order valence-corrected chi connectivity index (χ3v) is 3.24. The molecule has 0 fully saturated rings. The monoisotopic (exact) mass is 318 g/mol. The van der Waals surface area contributed by atoms with Crippen LogP contribution in [-0.4, -0.2) is 18.2 Å². The van der Waals surface area contributed by atoms with Gasteiger partial charge in [-0.15, -0.1) is 0 Å². The molecular weight excluding hydrogens is 304 g/mol. The van der Waals surface area contributed by atoms with Crippen LogP contribution < -0.4 is 4.74 Å². The number of hydrogen-bond donors (Lipinski definition) is 1. The highest BCUT2D eigenvalue weighted by atomic mass is 35.5. The van der Waals surface area contributed by atoms with E-state index in [0.29, 0.717) is 10.8 Å². The summed E-state index contributed by atoms with van der Waals surface area (Å²) in [7, 11) is 1.36. The van der Waals surface area contributed by atoms with E-state index in [1.54, 1.807) is 12.1 Å². The molecule has 5 heteroatoms. The number of aliphatic carboxylic acids is 1. The van der Waals surface area contributed by atoms with Crippen molar-refractivity contribution >= 4 is 17.6 Å². The quantitative estimate of drug-likeness (QED) is 0.661. The number of carboxylic acids is 1. The molecule has 0 bridgehead atoms. The van der Waals surface area contributed by atoms with Crippen LogP contribution in [0, 0.1) is 6.92 Å². The Morgan fingerprint density at radius 2 is 1.91 bits per heavy atom. The smallest absolute Gasteiger partial charge is 0.375 e. The molecule has 0 spiro atoms. The van der Waals surface area contributed by atoms with Crippen LogP contribution in [0.3, 0.4) is 0 Å². The Bertz CT molecular complexity index is 722. The third-order valence-electron chi connectivity index (χ3n) is 3.00. The molecule has 2 rings (SSSR count). The van der Waals surface area contributed by atoms with Gasteiger partial charge in [0.1, 0.15) is 12.0 Å². The average molecular weight is 319 g/mol. The number of halogens is 1. The molecule has 4 nitrogen and oxygen atoms in total. The van der Waals surface area contributed by atoms with Crippen LogP contribution in [0.25, 0.3) is 11.1 Å². The normalized spacial score (nSPS) is 11.1. The number of hydrogen-bond acceptors (Lipinski definition) is 3. The first kappa shape index (κ1) is 15.9. The molecule has 2 aromatic rings. The van der Waals surface area contributed by atoms with Gasteiger partial charge in [0.25, 0.3) is 0 Å². The van der Waals surface area contributed by atoms with Gasteiger partial charge < -0.3 is 14.6 Å². The summed E-state index contributed by atoms with van der Waals surface area (Å²) in [5.41, 5.74) is 2.62. The molecule has 0 heterocycles. The maximum atomic E-state index is 11.1. The molecule has 0 radical (unpaired) electrons. The number of carboxylic acid groups (broad SMARTS) is 1. The van der Waals surface area contributed by atoms with Crippen molar-refractivity contribution in [1.82, 2.24) is 0 Å². The number of rotatable bonds is 5. The second-order valence-corrected chi connectivity index (χ2v) is 5.05. The van der Waals surface area contributed by atoms with Crippen molar-refractivity contribution in [1.29, 1.82) is 0 Å². The zero-order chi connectivity index (χ0) is 16.1. The summed E-state index contributed by atoms with van der Waals surface area (Å²) in [5.74, 6) is -1.04. The maximum Gasteiger partial charge on any atom is 0.375 e. The molecule has 0 unspecified atom stereocenters. The molecular formula is C17H15ClO4. The predicted octanol–water partition coefficient (Wildman–Crippen LogP) is 4.27. The Morgan fingerprint density at radius 1 is 1.18 bits per heavy atom. The molecule has 1 N–H and O–H groups in total. The van der Waals surface area contributed by atoms with Gasteiger partial charge in [-0.3, -0.25) is 0 Å². The average Bonchev–Trinajstić information content (AvgIpc) is 2.48. The lowest BCUT2D eigenvalue weighted by molar-refractivity contribution is -0.135. The zero-order valence-electron chi connectivity index (χ0n) is 12.2. The van der Waals surface area contributed by atoms with Crippen LogP contribution in [0.2, 0.25) is 5.02 Å². The highest BCUT2D eigenvalue weighted by molar-refractivity contribution is 6.30. The van der Waals surface area contributed by atoms with Crippen LogP contribution in [0.4, 0.5) is 0 Å². The number of benzene rings is 2. The number of methoxy groups -OCH3 is 1. The minimum Gasteiger partial charge on any atom is -0.500 e. The standard InChI is InChI=1S/C17H15ClO4/c1-11-6-7-13(12-4-3-5-14(18)8-12)9-15(11)22-16(10-21-2)17(19)20/h3-10H,1-2H3,(H,19,20)/b16-10-. The molecule has 0 atom stereocenters. The highest BCUT2D eigenvalue weighted by Gasteiger charge is 2.13. The Kier molecular flexibility index (Phi) is 5.07. The van der Waals surface area contributed by atoms with E-state index in [-0.39, 0.29) is 5.76 Å². The Hall–Kier alpha value is -2.46. The van der Waals surface area contributed by atoms with Gasteiger partial charge in [-0.05, 0) is 41.8 Å². The van der Waals surface area contributed by atoms with Crippen molar-refractivity contribution in [2.75, 3.05) is 7.11 Å². The van der Waals surface area contributed by atoms with E-state index in [0.717, 1.165) is 23.0 Å². The molecule has 0 aromatic heterocycles. The fourth-order valence-corrected chi connectivity index (χ4v) is 2.09. The molecule has 0 amide bonds. The van der Waals surface area contributed by atoms with Crippen LogP contribution in [-0.2, 0) is 9.53 Å². The lowest BCUT2D eigenvalue weighted by Crippen LogP contribution is -2.09. The molecule has 114 valence electrons. The van der Waals surface area contributed by atoms with Crippen molar-refractivity contribution in [2.24, 2.45) is 0 Å². The van der Waals surface area contributed by atoms with Crippen molar-refractivity contribution in [2.45, 2.75) is 6.92 Å². The van der Waals surface area contributed by atoms with Gasteiger partial charge in [-0.1, -0.05) is 35.9 Å². The van der Waals surface area contributed by atoms with Gasteiger partial charge in [0, 0.05) is 5.02 Å². The number of carbonyl (C=O) groups is 1. The van der Waals surface area contributed by atoms with Crippen LogP contribution in [0.5, 0.6) is 5.75 Å². The first-order valence-electron chi connectivity index (χ1n) is 6.52. The minimum absolute atomic E-state index is 0.283. The van der Waals surface area contributed by atoms with Crippen LogP contribution in [0.15, 0.2) is 54.5 Å². The Balaban J connectivity index is 2.39. The first-order valence-corrected chi connectivity index (χ1v) is 6.89. The topological polar surface area (TPSA) is 55.8 Å². The fraction of sp³-hybridized carbons (Fsp3) is 0.118. The van der Waals surface area contributed by atoms with E-state index >= 15 is 0 Å². The summed E-state index contributed by atoms with van der Waals surface area (Å²) in [6, 6.07) is 13.0. The molecule has 0 saturated heterocycles. The van der Waals surface area contributed by atoms with E-state index in [1.165, 1.54) is 7.11 Å². The van der Waals surface area contributed by atoms with Crippen LogP contribution >= 0.6 is 11.6 Å². The highest BCUT2D eigenvalue weighted by Crippen LogP contribution is 2.29. The van der Waals surface area contributed by atoms with E-state index in [1.807, 2.05) is 37.3 Å². The third kappa shape index (κ3) is 3.80. The van der Waals surface area contributed by atoms with E-state index < -0.39 is 5.97 Å². The second kappa shape index (κ2) is 7.00. The van der Waals surface area contributed by atoms with E-state index in [9.17, 15) is 4.79 Å².